The number of aromatic amines is 1. The van der Waals surface area contributed by atoms with E-state index in [0.29, 0.717) is 5.92 Å². The number of hydrogen-bond acceptors (Lipinski definition) is 0. The maximum atomic E-state index is 3.67. The summed E-state index contributed by atoms with van der Waals surface area (Å²) in [5.74, 6) is 0.526. The van der Waals surface area contributed by atoms with Crippen molar-refractivity contribution >= 4 is 27.4 Å². The van der Waals surface area contributed by atoms with Crippen LogP contribution in [0, 0.1) is 5.92 Å². The molecule has 33 heavy (non-hydrogen) atoms. The van der Waals surface area contributed by atoms with Gasteiger partial charge in [-0.1, -0.05) is 85.8 Å². The average molecular weight is 422 g/mol. The number of allylic oxidation sites excluding steroid dienone is 4. The van der Waals surface area contributed by atoms with Gasteiger partial charge in [-0.15, -0.1) is 0 Å². The summed E-state index contributed by atoms with van der Waals surface area (Å²) in [5, 5.41) is 2.62. The van der Waals surface area contributed by atoms with Crippen LogP contribution in [0.5, 0.6) is 0 Å². The highest BCUT2D eigenvalue weighted by Gasteiger charge is 2.53. The Morgan fingerprint density at radius 2 is 1.42 bits per heavy atom. The summed E-state index contributed by atoms with van der Waals surface area (Å²) in [6, 6.07) is 31.8. The lowest BCUT2D eigenvalue weighted by molar-refractivity contribution is 0.731. The van der Waals surface area contributed by atoms with Crippen molar-refractivity contribution in [2.24, 2.45) is 5.92 Å². The number of benzene rings is 4. The van der Waals surface area contributed by atoms with Gasteiger partial charge < -0.3 is 4.98 Å². The maximum Gasteiger partial charge on any atom is 0.0722 e. The first-order valence-corrected chi connectivity index (χ1v) is 11.9. The molecule has 1 heteroatoms. The molecule has 5 aromatic rings. The van der Waals surface area contributed by atoms with Crippen molar-refractivity contribution in [1.82, 2.24) is 4.98 Å². The van der Waals surface area contributed by atoms with Crippen LogP contribution in [-0.4, -0.2) is 4.98 Å². The van der Waals surface area contributed by atoms with Gasteiger partial charge in [-0.2, -0.15) is 0 Å². The van der Waals surface area contributed by atoms with Crippen LogP contribution in [0.2, 0.25) is 0 Å². The Morgan fingerprint density at radius 3 is 2.30 bits per heavy atom. The number of H-pyrrole nitrogens is 1. The van der Waals surface area contributed by atoms with E-state index in [4.69, 9.17) is 0 Å². The minimum absolute atomic E-state index is 0.240. The van der Waals surface area contributed by atoms with Gasteiger partial charge in [0.05, 0.1) is 5.41 Å². The standard InChI is InChI=1S/C32H23N/c1-19-9-8-15-27-31(19)22-12-3-6-14-26(22)32(27)25-13-5-2-10-20(25)23-18-30-24(17-28(23)32)21-11-4-7-16-29(21)33-30/h2-8,10-19,33H,9H2,1H3. The minimum Gasteiger partial charge on any atom is -0.354 e. The fraction of sp³-hybridized carbons (Fsp3) is 0.125. The molecule has 8 rings (SSSR count). The van der Waals surface area contributed by atoms with Gasteiger partial charge in [0, 0.05) is 21.8 Å². The summed E-state index contributed by atoms with van der Waals surface area (Å²) in [6.45, 7) is 2.39. The molecular formula is C32H23N. The molecule has 0 amide bonds. The third-order valence-corrected chi connectivity index (χ3v) is 8.25. The van der Waals surface area contributed by atoms with Crippen LogP contribution in [0.1, 0.15) is 35.6 Å². The summed E-state index contributed by atoms with van der Waals surface area (Å²) >= 11 is 0. The first kappa shape index (κ1) is 17.7. The Balaban J connectivity index is 1.59. The highest BCUT2D eigenvalue weighted by Crippen LogP contribution is 2.64. The van der Waals surface area contributed by atoms with E-state index in [1.165, 1.54) is 66.3 Å². The molecule has 2 unspecified atom stereocenters. The fourth-order valence-corrected chi connectivity index (χ4v) is 6.99. The zero-order valence-electron chi connectivity index (χ0n) is 18.5. The number of nitrogens with one attached hydrogen (secondary N) is 1. The lowest BCUT2D eigenvalue weighted by atomic mass is 9.68. The maximum absolute atomic E-state index is 3.67. The molecule has 4 aromatic carbocycles. The van der Waals surface area contributed by atoms with Gasteiger partial charge in [-0.3, -0.25) is 0 Å². The topological polar surface area (TPSA) is 15.8 Å². The van der Waals surface area contributed by atoms with E-state index >= 15 is 0 Å². The van der Waals surface area contributed by atoms with Crippen LogP contribution < -0.4 is 0 Å². The number of fused-ring (bicyclic) bond motifs is 12. The quantitative estimate of drug-likeness (QED) is 0.261. The summed E-state index contributed by atoms with van der Waals surface area (Å²) in [6.07, 6.45) is 5.93. The molecule has 156 valence electrons. The van der Waals surface area contributed by atoms with Crippen molar-refractivity contribution in [2.75, 3.05) is 0 Å². The second kappa shape index (κ2) is 5.94. The molecule has 0 aliphatic heterocycles. The highest BCUT2D eigenvalue weighted by molar-refractivity contribution is 6.10. The van der Waals surface area contributed by atoms with Gasteiger partial charge in [0.25, 0.3) is 0 Å². The van der Waals surface area contributed by atoms with E-state index in [9.17, 15) is 0 Å². The smallest absolute Gasteiger partial charge is 0.0722 e. The molecule has 2 atom stereocenters. The lowest BCUT2D eigenvalue weighted by Crippen LogP contribution is -2.27. The van der Waals surface area contributed by atoms with Crippen LogP contribution >= 0.6 is 0 Å². The Morgan fingerprint density at radius 1 is 0.697 bits per heavy atom. The summed E-state index contributed by atoms with van der Waals surface area (Å²) in [7, 11) is 0. The molecule has 0 radical (unpaired) electrons. The SMILES string of the molecule is CC1CC=CC2=C1c1ccccc1C21c2ccccc2-c2cc3[nH]c4ccccc4c3cc21. The van der Waals surface area contributed by atoms with Gasteiger partial charge >= 0.3 is 0 Å². The molecule has 3 aliphatic carbocycles. The second-order valence-electron chi connectivity index (χ2n) is 9.82. The summed E-state index contributed by atoms with van der Waals surface area (Å²) < 4.78 is 0. The largest absolute Gasteiger partial charge is 0.354 e. The van der Waals surface area contributed by atoms with E-state index < -0.39 is 0 Å². The molecule has 1 spiro atoms. The highest BCUT2D eigenvalue weighted by atomic mass is 14.7. The number of hydrogen-bond donors (Lipinski definition) is 1. The fourth-order valence-electron chi connectivity index (χ4n) is 6.99. The molecule has 1 nitrogen and oxygen atoms in total. The van der Waals surface area contributed by atoms with Crippen LogP contribution in [0.3, 0.4) is 0 Å². The number of para-hydroxylation sites is 1. The zero-order chi connectivity index (χ0) is 21.7. The third kappa shape index (κ3) is 1.96. The average Bonchev–Trinajstić information content (AvgIpc) is 3.47. The van der Waals surface area contributed by atoms with E-state index in [0.717, 1.165) is 6.42 Å². The van der Waals surface area contributed by atoms with E-state index in [-0.39, 0.29) is 5.41 Å². The molecular weight excluding hydrogens is 398 g/mol. The van der Waals surface area contributed by atoms with Gasteiger partial charge in [-0.25, -0.2) is 0 Å². The lowest BCUT2D eigenvalue weighted by Gasteiger charge is -2.32. The van der Waals surface area contributed by atoms with Gasteiger partial charge in [0.2, 0.25) is 0 Å². The van der Waals surface area contributed by atoms with Crippen molar-refractivity contribution in [3.8, 4) is 11.1 Å². The molecule has 3 aliphatic rings. The Kier molecular flexibility index (Phi) is 3.18. The Bertz CT molecular complexity index is 1710. The van der Waals surface area contributed by atoms with E-state index in [1.807, 2.05) is 0 Å². The van der Waals surface area contributed by atoms with E-state index in [1.54, 1.807) is 0 Å². The predicted molar refractivity (Wildman–Crippen MR) is 137 cm³/mol. The summed E-state index contributed by atoms with van der Waals surface area (Å²) in [5.41, 5.74) is 13.7. The molecule has 1 N–H and O–H groups in total. The second-order valence-corrected chi connectivity index (χ2v) is 9.82. The Hall–Kier alpha value is -3.84. The van der Waals surface area contributed by atoms with Crippen molar-refractivity contribution in [2.45, 2.75) is 18.8 Å². The number of aromatic nitrogens is 1. The van der Waals surface area contributed by atoms with Crippen LogP contribution in [-0.2, 0) is 5.41 Å². The molecule has 0 fully saturated rings. The predicted octanol–water partition coefficient (Wildman–Crippen LogP) is 8.00. The Labute approximate surface area is 193 Å². The van der Waals surface area contributed by atoms with E-state index in [2.05, 4.69) is 109 Å². The summed E-state index contributed by atoms with van der Waals surface area (Å²) in [4.78, 5) is 3.67. The van der Waals surface area contributed by atoms with Crippen LogP contribution in [0.4, 0.5) is 0 Å². The molecule has 1 aromatic heterocycles. The van der Waals surface area contributed by atoms with Crippen molar-refractivity contribution in [3.05, 3.63) is 125 Å². The molecule has 0 bridgehead atoms. The molecule has 0 saturated carbocycles. The van der Waals surface area contributed by atoms with Gasteiger partial charge in [0.1, 0.15) is 0 Å². The molecule has 0 saturated heterocycles. The van der Waals surface area contributed by atoms with Crippen molar-refractivity contribution in [3.63, 3.8) is 0 Å². The first-order valence-electron chi connectivity index (χ1n) is 11.9. The van der Waals surface area contributed by atoms with Crippen molar-refractivity contribution in [1.29, 1.82) is 0 Å². The number of rotatable bonds is 0. The van der Waals surface area contributed by atoms with Crippen LogP contribution in [0.15, 0.2) is 103 Å². The molecule has 1 heterocycles. The van der Waals surface area contributed by atoms with Gasteiger partial charge in [0.15, 0.2) is 0 Å². The zero-order valence-corrected chi connectivity index (χ0v) is 18.5. The monoisotopic (exact) mass is 421 g/mol. The van der Waals surface area contributed by atoms with Crippen LogP contribution in [0.25, 0.3) is 38.5 Å². The minimum atomic E-state index is -0.240. The van der Waals surface area contributed by atoms with Gasteiger partial charge in [-0.05, 0) is 75.1 Å². The first-order chi connectivity index (χ1) is 16.3. The normalized spacial score (nSPS) is 22.2. The van der Waals surface area contributed by atoms with Crippen molar-refractivity contribution < 1.29 is 0 Å². The third-order valence-electron chi connectivity index (χ3n) is 8.25.